The molecule has 2 unspecified atom stereocenters. The minimum atomic E-state index is -1.51. The summed E-state index contributed by atoms with van der Waals surface area (Å²) in [5.41, 5.74) is 0.150. The van der Waals surface area contributed by atoms with E-state index < -0.39 is 23.6 Å². The van der Waals surface area contributed by atoms with Crippen molar-refractivity contribution in [2.45, 2.75) is 44.8 Å². The summed E-state index contributed by atoms with van der Waals surface area (Å²) in [4.78, 5) is 24.6. The molecular weight excluding hydrogens is 340 g/mol. The van der Waals surface area contributed by atoms with E-state index in [2.05, 4.69) is 0 Å². The van der Waals surface area contributed by atoms with Crippen LogP contribution in [0.2, 0.25) is 0 Å². The first-order chi connectivity index (χ1) is 12.5. The molecular formula is C19H20O7. The van der Waals surface area contributed by atoms with Crippen LogP contribution in [-0.4, -0.2) is 36.4 Å². The summed E-state index contributed by atoms with van der Waals surface area (Å²) < 4.78 is 21.7. The highest BCUT2D eigenvalue weighted by atomic mass is 16.6. The number of rotatable bonds is 4. The summed E-state index contributed by atoms with van der Waals surface area (Å²) in [6, 6.07) is 3.33. The maximum atomic E-state index is 12.4. The number of aryl methyl sites for hydroxylation is 1. The second kappa shape index (κ2) is 6.02. The van der Waals surface area contributed by atoms with Crippen molar-refractivity contribution in [3.05, 3.63) is 29.0 Å². The number of carbonyl (C=O) groups is 2. The van der Waals surface area contributed by atoms with Crippen molar-refractivity contribution >= 4 is 22.9 Å². The van der Waals surface area contributed by atoms with E-state index in [1.807, 2.05) is 0 Å². The van der Waals surface area contributed by atoms with E-state index in [1.54, 1.807) is 26.0 Å². The Balaban J connectivity index is 1.91. The van der Waals surface area contributed by atoms with E-state index in [9.17, 15) is 14.7 Å². The summed E-state index contributed by atoms with van der Waals surface area (Å²) in [5, 5.41) is 12.0. The quantitative estimate of drug-likeness (QED) is 0.837. The maximum Gasteiger partial charge on any atom is 0.374 e. The molecule has 0 saturated carbocycles. The van der Waals surface area contributed by atoms with E-state index in [1.165, 1.54) is 0 Å². The van der Waals surface area contributed by atoms with Gasteiger partial charge in [0.2, 0.25) is 11.9 Å². The van der Waals surface area contributed by atoms with Gasteiger partial charge in [-0.1, -0.05) is 0 Å². The van der Waals surface area contributed by atoms with Crippen LogP contribution in [0.3, 0.4) is 0 Å². The Labute approximate surface area is 149 Å². The van der Waals surface area contributed by atoms with Gasteiger partial charge in [-0.3, -0.25) is 0 Å². The molecule has 0 spiro atoms. The number of carbonyl (C=O) groups excluding carboxylic acids is 2. The average Bonchev–Trinajstić information content (AvgIpc) is 3.06. The normalized spacial score (nSPS) is 23.4. The van der Waals surface area contributed by atoms with E-state index >= 15 is 0 Å². The van der Waals surface area contributed by atoms with Crippen LogP contribution in [0.4, 0.5) is 0 Å². The molecule has 2 aromatic rings. The van der Waals surface area contributed by atoms with Crippen molar-refractivity contribution in [2.75, 3.05) is 13.2 Å². The second-order valence-corrected chi connectivity index (χ2v) is 6.47. The van der Waals surface area contributed by atoms with Crippen molar-refractivity contribution in [3.8, 4) is 5.75 Å². The summed E-state index contributed by atoms with van der Waals surface area (Å²) in [6.45, 7) is 3.87. The fourth-order valence-corrected chi connectivity index (χ4v) is 3.97. The van der Waals surface area contributed by atoms with Crippen LogP contribution in [0.5, 0.6) is 5.75 Å². The molecule has 2 atom stereocenters. The molecule has 0 amide bonds. The lowest BCUT2D eigenvalue weighted by atomic mass is 9.85. The first-order valence-electron chi connectivity index (χ1n) is 8.82. The number of benzene rings is 1. The van der Waals surface area contributed by atoms with Crippen molar-refractivity contribution in [3.63, 3.8) is 0 Å². The number of hydrogen-bond donors (Lipinski definition) is 1. The average molecular weight is 360 g/mol. The largest absolute Gasteiger partial charge is 0.475 e. The third-order valence-electron chi connectivity index (χ3n) is 4.97. The fraction of sp³-hybridized carbons (Fsp3) is 0.474. The Morgan fingerprint density at radius 3 is 2.77 bits per heavy atom. The van der Waals surface area contributed by atoms with Crippen LogP contribution in [0, 0.1) is 0 Å². The zero-order valence-electron chi connectivity index (χ0n) is 14.7. The van der Waals surface area contributed by atoms with E-state index in [0.717, 1.165) is 0 Å². The third kappa shape index (κ3) is 2.23. The molecule has 138 valence electrons. The van der Waals surface area contributed by atoms with Gasteiger partial charge < -0.3 is 23.7 Å². The molecule has 4 rings (SSSR count). The lowest BCUT2D eigenvalue weighted by Gasteiger charge is -2.26. The SMILES string of the molecule is CCOC(=O)c1oc2ccc3c4c2c1CCCC4(O)C(C(=O)OCC)O3. The molecule has 7 nitrogen and oxygen atoms in total. The topological polar surface area (TPSA) is 95.2 Å². The second-order valence-electron chi connectivity index (χ2n) is 6.47. The van der Waals surface area contributed by atoms with Crippen LogP contribution in [0.15, 0.2) is 16.5 Å². The monoisotopic (exact) mass is 360 g/mol. The van der Waals surface area contributed by atoms with E-state index in [4.69, 9.17) is 18.6 Å². The van der Waals surface area contributed by atoms with Crippen LogP contribution < -0.4 is 4.74 Å². The molecule has 1 N–H and O–H groups in total. The van der Waals surface area contributed by atoms with Crippen molar-refractivity contribution in [1.82, 2.24) is 0 Å². The Bertz CT molecular complexity index is 897. The first kappa shape index (κ1) is 16.9. The van der Waals surface area contributed by atoms with Gasteiger partial charge in [0.25, 0.3) is 0 Å². The van der Waals surface area contributed by atoms with Crippen molar-refractivity contribution < 1.29 is 33.3 Å². The van der Waals surface area contributed by atoms with E-state index in [0.29, 0.717) is 47.1 Å². The molecule has 1 aromatic carbocycles. The predicted octanol–water partition coefficient (Wildman–Crippen LogP) is 2.46. The molecule has 1 aliphatic heterocycles. The van der Waals surface area contributed by atoms with Gasteiger partial charge in [0.05, 0.1) is 13.2 Å². The van der Waals surface area contributed by atoms with Gasteiger partial charge in [0.1, 0.15) is 16.9 Å². The zero-order chi connectivity index (χ0) is 18.5. The highest BCUT2D eigenvalue weighted by Crippen LogP contribution is 2.52. The summed E-state index contributed by atoms with van der Waals surface area (Å²) in [6.07, 6.45) is 0.287. The van der Waals surface area contributed by atoms with Crippen molar-refractivity contribution in [2.24, 2.45) is 0 Å². The Hall–Kier alpha value is -2.54. The zero-order valence-corrected chi connectivity index (χ0v) is 14.7. The van der Waals surface area contributed by atoms with Crippen LogP contribution >= 0.6 is 0 Å². The number of aliphatic hydroxyl groups is 1. The number of esters is 2. The first-order valence-corrected chi connectivity index (χ1v) is 8.82. The molecule has 0 radical (unpaired) electrons. The Kier molecular flexibility index (Phi) is 3.91. The van der Waals surface area contributed by atoms with Gasteiger partial charge in [-0.25, -0.2) is 9.59 Å². The smallest absolute Gasteiger partial charge is 0.374 e. The summed E-state index contributed by atoms with van der Waals surface area (Å²) >= 11 is 0. The minimum Gasteiger partial charge on any atom is -0.475 e. The van der Waals surface area contributed by atoms with Gasteiger partial charge in [0, 0.05) is 16.5 Å². The standard InChI is InChI=1S/C19H20O7/c1-3-23-17(20)15-10-6-5-9-19(22)14-12(8-7-11(25-15)13(10)14)26-16(19)18(21)24-4-2/h7-8,16,22H,3-6,9H2,1-2H3. The molecule has 2 heterocycles. The number of hydrogen-bond acceptors (Lipinski definition) is 7. The fourth-order valence-electron chi connectivity index (χ4n) is 3.97. The highest BCUT2D eigenvalue weighted by molar-refractivity contribution is 5.99. The van der Waals surface area contributed by atoms with Gasteiger partial charge >= 0.3 is 11.9 Å². The third-order valence-corrected chi connectivity index (χ3v) is 4.97. The molecule has 0 fully saturated rings. The molecule has 1 aromatic heterocycles. The summed E-state index contributed by atoms with van der Waals surface area (Å²) in [7, 11) is 0. The molecule has 0 bridgehead atoms. The van der Waals surface area contributed by atoms with Crippen LogP contribution in [0.25, 0.3) is 11.0 Å². The summed E-state index contributed by atoms with van der Waals surface area (Å²) in [5.74, 6) is -0.563. The number of furan rings is 1. The lowest BCUT2D eigenvalue weighted by molar-refractivity contribution is -0.163. The minimum absolute atomic E-state index is 0.152. The molecule has 0 saturated heterocycles. The highest BCUT2D eigenvalue weighted by Gasteiger charge is 2.54. The molecule has 7 heteroatoms. The van der Waals surface area contributed by atoms with Crippen LogP contribution in [0.1, 0.15) is 48.4 Å². The van der Waals surface area contributed by atoms with Crippen molar-refractivity contribution in [1.29, 1.82) is 0 Å². The lowest BCUT2D eigenvalue weighted by Crippen LogP contribution is -2.44. The molecule has 26 heavy (non-hydrogen) atoms. The predicted molar refractivity (Wildman–Crippen MR) is 90.1 cm³/mol. The van der Waals surface area contributed by atoms with Gasteiger partial charge in [-0.05, 0) is 45.2 Å². The van der Waals surface area contributed by atoms with Gasteiger partial charge in [-0.15, -0.1) is 0 Å². The molecule has 2 aliphatic rings. The maximum absolute atomic E-state index is 12.4. The van der Waals surface area contributed by atoms with Crippen LogP contribution in [-0.2, 0) is 26.3 Å². The Morgan fingerprint density at radius 2 is 2.04 bits per heavy atom. The van der Waals surface area contributed by atoms with E-state index in [-0.39, 0.29) is 19.0 Å². The Morgan fingerprint density at radius 1 is 1.27 bits per heavy atom. The van der Waals surface area contributed by atoms with Gasteiger partial charge in [0.15, 0.2) is 0 Å². The van der Waals surface area contributed by atoms with Gasteiger partial charge in [-0.2, -0.15) is 0 Å². The number of ether oxygens (including phenoxy) is 3. The molecule has 1 aliphatic carbocycles.